The first kappa shape index (κ1) is 18.8. The molecule has 1 atom stereocenters. The van der Waals surface area contributed by atoms with Crippen LogP contribution in [0.3, 0.4) is 0 Å². The second kappa shape index (κ2) is 8.66. The molecule has 0 aliphatic carbocycles. The van der Waals surface area contributed by atoms with E-state index in [-0.39, 0.29) is 34.1 Å². The van der Waals surface area contributed by atoms with Crippen molar-refractivity contribution >= 4 is 7.82 Å². The average molecular weight is 297 g/mol. The first-order valence-electron chi connectivity index (χ1n) is 2.41. The van der Waals surface area contributed by atoms with Gasteiger partial charge in [-0.25, -0.2) is 0 Å². The number of rotatable bonds is 4. The SMILES string of the molecule is O=P([O-])([O-])OCC(O)CO.[Cu+].[Cu+]. The Morgan fingerprint density at radius 3 is 2.08 bits per heavy atom. The molecule has 0 fully saturated rings. The molecule has 9 heteroatoms. The molecule has 0 saturated heterocycles. The summed E-state index contributed by atoms with van der Waals surface area (Å²) in [5.41, 5.74) is 0. The van der Waals surface area contributed by atoms with E-state index < -0.39 is 27.1 Å². The Bertz CT molecular complexity index is 137. The second-order valence-electron chi connectivity index (χ2n) is 1.58. The summed E-state index contributed by atoms with van der Waals surface area (Å²) in [6.07, 6.45) is -1.32. The molecule has 0 saturated carbocycles. The molecule has 0 bridgehead atoms. The zero-order chi connectivity index (χ0) is 8.20. The number of hydrogen-bond donors (Lipinski definition) is 2. The van der Waals surface area contributed by atoms with Crippen LogP contribution in [0.2, 0.25) is 0 Å². The van der Waals surface area contributed by atoms with E-state index in [1.165, 1.54) is 0 Å². The monoisotopic (exact) mass is 296 g/mol. The first-order chi connectivity index (χ1) is 4.45. The van der Waals surface area contributed by atoms with E-state index in [0.717, 1.165) is 0 Å². The van der Waals surface area contributed by atoms with Gasteiger partial charge in [0.05, 0.1) is 21.0 Å². The largest absolute Gasteiger partial charge is 1.00 e. The Kier molecular flexibility index (Phi) is 13.5. The van der Waals surface area contributed by atoms with Crippen molar-refractivity contribution in [1.29, 1.82) is 0 Å². The summed E-state index contributed by atoms with van der Waals surface area (Å²) < 4.78 is 13.3. The number of hydrogen-bond acceptors (Lipinski definition) is 6. The first-order valence-corrected chi connectivity index (χ1v) is 3.87. The molecule has 0 radical (unpaired) electrons. The third-order valence-corrected chi connectivity index (χ3v) is 1.10. The summed E-state index contributed by atoms with van der Waals surface area (Å²) in [6, 6.07) is 0. The van der Waals surface area contributed by atoms with Crippen LogP contribution in [0.1, 0.15) is 0 Å². The molecular weight excluding hydrogens is 290 g/mol. The minimum absolute atomic E-state index is 0. The summed E-state index contributed by atoms with van der Waals surface area (Å²) >= 11 is 0. The van der Waals surface area contributed by atoms with Gasteiger partial charge in [-0.1, -0.05) is 0 Å². The van der Waals surface area contributed by atoms with E-state index in [1.807, 2.05) is 0 Å². The van der Waals surface area contributed by atoms with Crippen molar-refractivity contribution in [1.82, 2.24) is 0 Å². The zero-order valence-electron chi connectivity index (χ0n) is 5.57. The van der Waals surface area contributed by atoms with E-state index in [4.69, 9.17) is 10.2 Å². The van der Waals surface area contributed by atoms with Gasteiger partial charge in [-0.2, -0.15) is 0 Å². The Balaban J connectivity index is -0.000000405. The predicted molar refractivity (Wildman–Crippen MR) is 26.7 cm³/mol. The summed E-state index contributed by atoms with van der Waals surface area (Å²) in [5, 5.41) is 16.6. The summed E-state index contributed by atoms with van der Waals surface area (Å²) in [7, 11) is -5.00. The third kappa shape index (κ3) is 13.6. The van der Waals surface area contributed by atoms with Gasteiger partial charge in [0.1, 0.15) is 6.10 Å². The summed E-state index contributed by atoms with van der Waals surface area (Å²) in [5.74, 6) is 0. The van der Waals surface area contributed by atoms with E-state index in [2.05, 4.69) is 4.52 Å². The molecule has 12 heavy (non-hydrogen) atoms. The fourth-order valence-corrected chi connectivity index (χ4v) is 0.585. The minimum Gasteiger partial charge on any atom is -0.790 e. The molecular formula is C3H7Cu2O6P. The number of phosphoric ester groups is 1. The molecule has 0 aromatic carbocycles. The predicted octanol–water partition coefficient (Wildman–Crippen LogP) is -2.82. The van der Waals surface area contributed by atoms with Crippen LogP contribution < -0.4 is 9.79 Å². The van der Waals surface area contributed by atoms with Crippen LogP contribution in [0.15, 0.2) is 0 Å². The minimum atomic E-state index is -5.00. The average Bonchev–Trinajstić information content (AvgIpc) is 1.81. The van der Waals surface area contributed by atoms with Gasteiger partial charge in [0.2, 0.25) is 0 Å². The van der Waals surface area contributed by atoms with E-state index in [1.54, 1.807) is 0 Å². The Hall–Kier alpha value is 1.07. The molecule has 0 spiro atoms. The maximum atomic E-state index is 9.71. The quantitative estimate of drug-likeness (QED) is 0.427. The van der Waals surface area contributed by atoms with Gasteiger partial charge in [0.15, 0.2) is 0 Å². The van der Waals surface area contributed by atoms with Gasteiger partial charge >= 0.3 is 34.1 Å². The molecule has 0 amide bonds. The van der Waals surface area contributed by atoms with Crippen molar-refractivity contribution in [2.45, 2.75) is 6.10 Å². The Morgan fingerprint density at radius 2 is 1.83 bits per heavy atom. The smallest absolute Gasteiger partial charge is 0.790 e. The molecule has 0 rings (SSSR count). The van der Waals surface area contributed by atoms with E-state index in [9.17, 15) is 14.4 Å². The third-order valence-electron chi connectivity index (χ3n) is 0.636. The van der Waals surface area contributed by atoms with Crippen LogP contribution in [-0.2, 0) is 43.2 Å². The molecule has 82 valence electrons. The van der Waals surface area contributed by atoms with Crippen LogP contribution in [0.4, 0.5) is 0 Å². The normalized spacial score (nSPS) is 12.7. The standard InChI is InChI=1S/C3H9O6P.2Cu/c4-1-3(5)2-9-10(6,7)8;;/h3-5H,1-2H2,(H2,6,7,8);;/q;2*+1/p-2. The van der Waals surface area contributed by atoms with Gasteiger partial charge in [-0.05, 0) is 0 Å². The maximum absolute atomic E-state index is 9.71. The van der Waals surface area contributed by atoms with Crippen molar-refractivity contribution in [3.8, 4) is 0 Å². The van der Waals surface area contributed by atoms with Crippen molar-refractivity contribution in [3.05, 3.63) is 0 Å². The van der Waals surface area contributed by atoms with Crippen molar-refractivity contribution in [2.24, 2.45) is 0 Å². The number of aliphatic hydroxyl groups is 2. The molecule has 6 nitrogen and oxygen atoms in total. The second-order valence-corrected chi connectivity index (χ2v) is 2.73. The Labute approximate surface area is 90.5 Å². The van der Waals surface area contributed by atoms with Crippen molar-refractivity contribution < 1.29 is 63.2 Å². The molecule has 2 N–H and O–H groups in total. The summed E-state index contributed by atoms with van der Waals surface area (Å²) in [6.45, 7) is -1.33. The Morgan fingerprint density at radius 1 is 1.42 bits per heavy atom. The molecule has 1 unspecified atom stereocenters. The number of phosphoric acid groups is 1. The van der Waals surface area contributed by atoms with Gasteiger partial charge in [0.25, 0.3) is 0 Å². The topological polar surface area (TPSA) is 113 Å². The van der Waals surface area contributed by atoms with Crippen LogP contribution in [0, 0.1) is 0 Å². The van der Waals surface area contributed by atoms with Gasteiger partial charge < -0.3 is 29.1 Å². The van der Waals surface area contributed by atoms with Crippen LogP contribution in [0.25, 0.3) is 0 Å². The van der Waals surface area contributed by atoms with Crippen LogP contribution in [0.5, 0.6) is 0 Å². The van der Waals surface area contributed by atoms with Gasteiger partial charge in [0, 0.05) is 0 Å². The molecule has 0 aromatic rings. The molecule has 0 heterocycles. The summed E-state index contributed by atoms with van der Waals surface area (Å²) in [4.78, 5) is 19.4. The molecule has 0 aliphatic heterocycles. The van der Waals surface area contributed by atoms with Crippen LogP contribution in [-0.4, -0.2) is 29.5 Å². The number of aliphatic hydroxyl groups excluding tert-OH is 2. The molecule has 0 aromatic heterocycles. The van der Waals surface area contributed by atoms with Gasteiger partial charge in [-0.15, -0.1) is 0 Å². The van der Waals surface area contributed by atoms with E-state index in [0.29, 0.717) is 0 Å². The fourth-order valence-electron chi connectivity index (χ4n) is 0.230. The van der Waals surface area contributed by atoms with E-state index >= 15 is 0 Å². The van der Waals surface area contributed by atoms with Crippen molar-refractivity contribution in [2.75, 3.05) is 13.2 Å². The van der Waals surface area contributed by atoms with Crippen LogP contribution >= 0.6 is 7.82 Å². The fraction of sp³-hybridized carbons (Fsp3) is 1.00. The zero-order valence-corrected chi connectivity index (χ0v) is 8.35. The van der Waals surface area contributed by atoms with Gasteiger partial charge in [-0.3, -0.25) is 0 Å². The van der Waals surface area contributed by atoms with Crippen molar-refractivity contribution in [3.63, 3.8) is 0 Å². The maximum Gasteiger partial charge on any atom is 1.00 e. The molecule has 0 aliphatic rings.